The normalized spacial score (nSPS) is 13.2. The fourth-order valence-corrected chi connectivity index (χ4v) is 4.52. The fourth-order valence-electron chi connectivity index (χ4n) is 0.684. The first-order valence-electron chi connectivity index (χ1n) is 3.72. The number of hydrogen-bond donors (Lipinski definition) is 0. The van der Waals surface area contributed by atoms with Gasteiger partial charge in [0, 0.05) is 0 Å². The molecular formula is C6H15BIP. The average molecular weight is 256 g/mol. The third-order valence-corrected chi connectivity index (χ3v) is 5.85. The Bertz CT molecular complexity index is 61.0. The van der Waals surface area contributed by atoms with E-state index in [0.29, 0.717) is 5.44 Å². The van der Waals surface area contributed by atoms with Crippen LogP contribution >= 0.6 is 27.5 Å². The maximum atomic E-state index is 2.63. The largest absolute Gasteiger partial charge is 0.165 e. The minimum absolute atomic E-state index is 0.383. The molecule has 0 amide bonds. The molecule has 0 aliphatic carbocycles. The zero-order chi connectivity index (χ0) is 7.11. The third kappa shape index (κ3) is 7.12. The van der Waals surface area contributed by atoms with Crippen LogP contribution in [0.25, 0.3) is 0 Å². The smallest absolute Gasteiger partial charge is 0.0803 e. The summed E-state index contributed by atoms with van der Waals surface area (Å²) in [5.74, 6) is 0. The second-order valence-corrected chi connectivity index (χ2v) is 8.18. The molecule has 0 spiro atoms. The Morgan fingerprint density at radius 1 is 1.33 bits per heavy atom. The molecule has 0 aromatic rings. The molecule has 0 rings (SSSR count). The second kappa shape index (κ2) is 7.33. The minimum Gasteiger partial charge on any atom is -0.0803 e. The SMILES string of the molecule is CCCBP(I)CCC. The summed E-state index contributed by atoms with van der Waals surface area (Å²) in [6.07, 6.45) is 5.65. The van der Waals surface area contributed by atoms with Gasteiger partial charge in [0.15, 0.2) is 7.00 Å². The van der Waals surface area contributed by atoms with Gasteiger partial charge in [-0.25, -0.2) is 0 Å². The van der Waals surface area contributed by atoms with Gasteiger partial charge in [-0.1, -0.05) is 60.5 Å². The highest BCUT2D eigenvalue weighted by Gasteiger charge is 2.00. The predicted molar refractivity (Wildman–Crippen MR) is 58.3 cm³/mol. The zero-order valence-electron chi connectivity index (χ0n) is 6.36. The van der Waals surface area contributed by atoms with E-state index in [1.54, 1.807) is 0 Å². The molecule has 0 aromatic carbocycles. The van der Waals surface area contributed by atoms with Gasteiger partial charge < -0.3 is 0 Å². The van der Waals surface area contributed by atoms with Crippen molar-refractivity contribution in [2.24, 2.45) is 0 Å². The van der Waals surface area contributed by atoms with Gasteiger partial charge in [0.25, 0.3) is 0 Å². The van der Waals surface area contributed by atoms with Crippen LogP contribution in [0.2, 0.25) is 6.32 Å². The fraction of sp³-hybridized carbons (Fsp3) is 1.00. The highest BCUT2D eigenvalue weighted by atomic mass is 127. The zero-order valence-corrected chi connectivity index (χ0v) is 9.41. The van der Waals surface area contributed by atoms with Crippen LogP contribution in [0.1, 0.15) is 26.7 Å². The first-order chi connectivity index (χ1) is 4.31. The van der Waals surface area contributed by atoms with Gasteiger partial charge in [0.2, 0.25) is 0 Å². The molecule has 0 saturated heterocycles. The Kier molecular flexibility index (Phi) is 8.33. The highest BCUT2D eigenvalue weighted by molar-refractivity contribution is 14.2. The van der Waals surface area contributed by atoms with Crippen molar-refractivity contribution in [1.82, 2.24) is 0 Å². The van der Waals surface area contributed by atoms with E-state index in [1.807, 2.05) is 0 Å². The van der Waals surface area contributed by atoms with E-state index in [9.17, 15) is 0 Å². The molecule has 3 heteroatoms. The van der Waals surface area contributed by atoms with Gasteiger partial charge >= 0.3 is 0 Å². The molecule has 0 saturated carbocycles. The van der Waals surface area contributed by atoms with Crippen LogP contribution < -0.4 is 0 Å². The van der Waals surface area contributed by atoms with Crippen molar-refractivity contribution in [2.45, 2.75) is 33.0 Å². The lowest BCUT2D eigenvalue weighted by atomic mass is 10.0. The van der Waals surface area contributed by atoms with Crippen LogP contribution in [-0.2, 0) is 0 Å². The first-order valence-corrected chi connectivity index (χ1v) is 8.21. The Morgan fingerprint density at radius 3 is 2.44 bits per heavy atom. The lowest BCUT2D eigenvalue weighted by Gasteiger charge is -2.04. The lowest BCUT2D eigenvalue weighted by molar-refractivity contribution is 1.08. The van der Waals surface area contributed by atoms with Gasteiger partial charge in [-0.15, -0.1) is 0 Å². The van der Waals surface area contributed by atoms with E-state index in [4.69, 9.17) is 0 Å². The van der Waals surface area contributed by atoms with Crippen LogP contribution in [-0.4, -0.2) is 13.2 Å². The van der Waals surface area contributed by atoms with Crippen LogP contribution in [0.5, 0.6) is 0 Å². The molecule has 54 valence electrons. The monoisotopic (exact) mass is 256 g/mol. The summed E-state index contributed by atoms with van der Waals surface area (Å²) in [5, 5.41) is 0. The van der Waals surface area contributed by atoms with Crippen molar-refractivity contribution < 1.29 is 0 Å². The third-order valence-electron chi connectivity index (χ3n) is 1.22. The summed E-state index contributed by atoms with van der Waals surface area (Å²) in [5.41, 5.74) is 0.383. The topological polar surface area (TPSA) is 0 Å². The molecule has 0 aliphatic rings. The standard InChI is InChI=1S/C6H15BIP/c1-3-5-7-9(8)6-4-2/h7H,3-6H2,1-2H3. The van der Waals surface area contributed by atoms with Gasteiger partial charge in [-0.2, -0.15) is 0 Å². The van der Waals surface area contributed by atoms with Crippen molar-refractivity contribution in [3.63, 3.8) is 0 Å². The molecular weight excluding hydrogens is 241 g/mol. The quantitative estimate of drug-likeness (QED) is 0.401. The molecule has 0 bridgehead atoms. The van der Waals surface area contributed by atoms with Crippen LogP contribution in [0.3, 0.4) is 0 Å². The highest BCUT2D eigenvalue weighted by Crippen LogP contribution is 2.44. The van der Waals surface area contributed by atoms with Crippen molar-refractivity contribution in [3.05, 3.63) is 0 Å². The first kappa shape index (κ1) is 10.2. The summed E-state index contributed by atoms with van der Waals surface area (Å²) >= 11 is 2.63. The Hall–Kier alpha value is 1.22. The van der Waals surface area contributed by atoms with Gasteiger partial charge in [-0.3, -0.25) is 0 Å². The van der Waals surface area contributed by atoms with Crippen molar-refractivity contribution in [2.75, 3.05) is 6.16 Å². The number of rotatable bonds is 5. The summed E-state index contributed by atoms with van der Waals surface area (Å²) in [4.78, 5) is 0. The van der Waals surface area contributed by atoms with E-state index < -0.39 is 0 Å². The van der Waals surface area contributed by atoms with Crippen molar-refractivity contribution in [3.8, 4) is 0 Å². The average Bonchev–Trinajstić information content (AvgIpc) is 1.85. The van der Waals surface area contributed by atoms with E-state index in [1.165, 1.54) is 32.3 Å². The van der Waals surface area contributed by atoms with E-state index >= 15 is 0 Å². The summed E-state index contributed by atoms with van der Waals surface area (Å²) in [7, 11) is 0. The predicted octanol–water partition coefficient (Wildman–Crippen LogP) is 3.41. The molecule has 1 atom stereocenters. The van der Waals surface area contributed by atoms with E-state index in [2.05, 4.69) is 35.9 Å². The summed E-state index contributed by atoms with van der Waals surface area (Å²) < 4.78 is 0. The van der Waals surface area contributed by atoms with Gasteiger partial charge in [0.1, 0.15) is 0 Å². The van der Waals surface area contributed by atoms with Crippen LogP contribution in [0, 0.1) is 0 Å². The minimum atomic E-state index is 0.383. The van der Waals surface area contributed by atoms with Crippen molar-refractivity contribution in [1.29, 1.82) is 0 Å². The number of halogens is 1. The van der Waals surface area contributed by atoms with Gasteiger partial charge in [-0.05, 0) is 6.16 Å². The molecule has 9 heavy (non-hydrogen) atoms. The Labute approximate surface area is 73.6 Å². The molecule has 0 heterocycles. The lowest BCUT2D eigenvalue weighted by Crippen LogP contribution is -1.85. The Balaban J connectivity index is 2.95. The van der Waals surface area contributed by atoms with E-state index in [0.717, 1.165) is 0 Å². The van der Waals surface area contributed by atoms with E-state index in [-0.39, 0.29) is 0 Å². The second-order valence-electron chi connectivity index (χ2n) is 2.26. The van der Waals surface area contributed by atoms with Crippen molar-refractivity contribution >= 4 is 34.5 Å². The molecule has 0 radical (unpaired) electrons. The maximum Gasteiger partial charge on any atom is 0.165 e. The van der Waals surface area contributed by atoms with Crippen LogP contribution in [0.4, 0.5) is 0 Å². The molecule has 0 aromatic heterocycles. The summed E-state index contributed by atoms with van der Waals surface area (Å²) in [6.45, 7) is 6.03. The van der Waals surface area contributed by atoms with Crippen LogP contribution in [0.15, 0.2) is 0 Å². The molecule has 0 nitrogen and oxygen atoms in total. The van der Waals surface area contributed by atoms with Gasteiger partial charge in [0.05, 0.1) is 0 Å². The Morgan fingerprint density at radius 2 is 2.00 bits per heavy atom. The maximum absolute atomic E-state index is 2.63. The molecule has 1 unspecified atom stereocenters. The molecule has 0 aliphatic heterocycles. The summed E-state index contributed by atoms with van der Waals surface area (Å²) in [6, 6.07) is 0. The molecule has 0 fully saturated rings. The number of hydrogen-bond acceptors (Lipinski definition) is 0. The molecule has 0 N–H and O–H groups in total.